The van der Waals surface area contributed by atoms with E-state index in [1.165, 1.54) is 19.3 Å². The summed E-state index contributed by atoms with van der Waals surface area (Å²) in [6.07, 6.45) is 3.34. The van der Waals surface area contributed by atoms with Crippen LogP contribution in [0.2, 0.25) is 0 Å². The number of methoxy groups -OCH3 is 1. The molecule has 11 heavy (non-hydrogen) atoms. The molecule has 0 bridgehead atoms. The zero-order chi connectivity index (χ0) is 8.69. The standard InChI is InChI=1S/C6H11N3O2/c1-11-6(8)3-2-5(7)9-4-10/h2-4H,7-8H2,1H3,(H,9,10)/b5-2+,6-3+. The average molecular weight is 157 g/mol. The SMILES string of the molecule is CO/C(N)=C/C=C(\N)NC=O. The number of amides is 1. The molecular weight excluding hydrogens is 146 g/mol. The van der Waals surface area contributed by atoms with Gasteiger partial charge in [-0.3, -0.25) is 4.79 Å². The molecule has 0 unspecified atom stereocenters. The van der Waals surface area contributed by atoms with Crippen LogP contribution in [0.3, 0.4) is 0 Å². The number of carbonyl (C=O) groups excluding carboxylic acids is 1. The highest BCUT2D eigenvalue weighted by Gasteiger charge is 1.84. The Hall–Kier alpha value is -1.65. The quantitative estimate of drug-likeness (QED) is 0.277. The Morgan fingerprint density at radius 1 is 1.45 bits per heavy atom. The minimum Gasteiger partial charge on any atom is -0.483 e. The molecule has 5 N–H and O–H groups in total. The summed E-state index contributed by atoms with van der Waals surface area (Å²) in [7, 11) is 1.43. The summed E-state index contributed by atoms with van der Waals surface area (Å²) in [6.45, 7) is 0. The normalized spacial score (nSPS) is 12.5. The first kappa shape index (κ1) is 9.35. The third-order valence-electron chi connectivity index (χ3n) is 0.888. The molecule has 1 amide bonds. The molecule has 0 fully saturated rings. The van der Waals surface area contributed by atoms with Gasteiger partial charge in [-0.1, -0.05) is 0 Å². The first-order valence-corrected chi connectivity index (χ1v) is 2.87. The van der Waals surface area contributed by atoms with Crippen molar-refractivity contribution < 1.29 is 9.53 Å². The van der Waals surface area contributed by atoms with E-state index in [0.29, 0.717) is 6.41 Å². The van der Waals surface area contributed by atoms with Crippen LogP contribution in [0, 0.1) is 0 Å². The van der Waals surface area contributed by atoms with Crippen molar-refractivity contribution in [2.45, 2.75) is 0 Å². The minimum atomic E-state index is 0.208. The Bertz CT molecular complexity index is 186. The lowest BCUT2D eigenvalue weighted by Crippen LogP contribution is -2.17. The lowest BCUT2D eigenvalue weighted by atomic mass is 10.5. The average Bonchev–Trinajstić information content (AvgIpc) is 2.01. The number of carbonyl (C=O) groups is 1. The van der Waals surface area contributed by atoms with E-state index in [1.54, 1.807) is 0 Å². The zero-order valence-corrected chi connectivity index (χ0v) is 6.20. The summed E-state index contributed by atoms with van der Waals surface area (Å²) in [5.41, 5.74) is 10.5. The van der Waals surface area contributed by atoms with Crippen molar-refractivity contribution in [1.82, 2.24) is 5.32 Å². The molecule has 0 rings (SSSR count). The van der Waals surface area contributed by atoms with Gasteiger partial charge in [0.1, 0.15) is 5.82 Å². The Balaban J connectivity index is 3.98. The molecular formula is C6H11N3O2. The van der Waals surface area contributed by atoms with Crippen molar-refractivity contribution in [2.24, 2.45) is 11.5 Å². The molecule has 0 aliphatic carbocycles. The Labute approximate surface area is 64.7 Å². The van der Waals surface area contributed by atoms with Gasteiger partial charge in [0.05, 0.1) is 7.11 Å². The van der Waals surface area contributed by atoms with Crippen molar-refractivity contribution in [2.75, 3.05) is 7.11 Å². The molecule has 0 aliphatic rings. The van der Waals surface area contributed by atoms with E-state index in [1.807, 2.05) is 0 Å². The van der Waals surface area contributed by atoms with Gasteiger partial charge in [-0.25, -0.2) is 0 Å². The van der Waals surface area contributed by atoms with E-state index in [-0.39, 0.29) is 11.7 Å². The molecule has 0 heterocycles. The van der Waals surface area contributed by atoms with Gasteiger partial charge in [0.25, 0.3) is 0 Å². The highest BCUT2D eigenvalue weighted by Crippen LogP contribution is 1.85. The first-order valence-electron chi connectivity index (χ1n) is 2.87. The number of ether oxygens (including phenoxy) is 1. The second kappa shape index (κ2) is 5.16. The number of nitrogens with one attached hydrogen (secondary N) is 1. The molecule has 5 nitrogen and oxygen atoms in total. The molecule has 0 aromatic carbocycles. The van der Waals surface area contributed by atoms with Gasteiger partial charge in [-0.05, 0) is 6.08 Å². The van der Waals surface area contributed by atoms with Crippen LogP contribution in [0.15, 0.2) is 23.9 Å². The van der Waals surface area contributed by atoms with E-state index >= 15 is 0 Å². The second-order valence-electron chi connectivity index (χ2n) is 1.66. The minimum absolute atomic E-state index is 0.208. The van der Waals surface area contributed by atoms with Crippen LogP contribution in [0.1, 0.15) is 0 Å². The molecule has 5 heteroatoms. The molecule has 0 spiro atoms. The summed E-state index contributed by atoms with van der Waals surface area (Å²) in [4.78, 5) is 9.81. The third kappa shape index (κ3) is 4.83. The van der Waals surface area contributed by atoms with Crippen LogP contribution in [-0.2, 0) is 9.53 Å². The fraction of sp³-hybridized carbons (Fsp3) is 0.167. The van der Waals surface area contributed by atoms with Crippen molar-refractivity contribution in [3.63, 3.8) is 0 Å². The van der Waals surface area contributed by atoms with Crippen molar-refractivity contribution in [1.29, 1.82) is 0 Å². The van der Waals surface area contributed by atoms with Crippen LogP contribution >= 0.6 is 0 Å². The molecule has 0 saturated carbocycles. The molecule has 0 radical (unpaired) electrons. The van der Waals surface area contributed by atoms with Gasteiger partial charge >= 0.3 is 0 Å². The Kier molecular flexibility index (Phi) is 4.39. The topological polar surface area (TPSA) is 90.4 Å². The van der Waals surface area contributed by atoms with Crippen molar-refractivity contribution >= 4 is 6.41 Å². The van der Waals surface area contributed by atoms with Gasteiger partial charge in [0.15, 0.2) is 5.88 Å². The number of nitrogens with two attached hydrogens (primary N) is 2. The van der Waals surface area contributed by atoms with Gasteiger partial charge in [-0.2, -0.15) is 0 Å². The van der Waals surface area contributed by atoms with E-state index in [9.17, 15) is 4.79 Å². The van der Waals surface area contributed by atoms with Crippen LogP contribution in [0.25, 0.3) is 0 Å². The molecule has 0 aliphatic heterocycles. The summed E-state index contributed by atoms with van der Waals surface area (Å²) in [5, 5.41) is 2.23. The molecule has 0 saturated heterocycles. The highest BCUT2D eigenvalue weighted by molar-refractivity contribution is 5.49. The lowest BCUT2D eigenvalue weighted by Gasteiger charge is -1.96. The summed E-state index contributed by atoms with van der Waals surface area (Å²) < 4.78 is 4.60. The van der Waals surface area contributed by atoms with E-state index in [2.05, 4.69) is 10.1 Å². The van der Waals surface area contributed by atoms with E-state index < -0.39 is 0 Å². The van der Waals surface area contributed by atoms with Crippen LogP contribution in [-0.4, -0.2) is 13.5 Å². The Morgan fingerprint density at radius 3 is 2.55 bits per heavy atom. The lowest BCUT2D eigenvalue weighted by molar-refractivity contribution is -0.108. The maximum Gasteiger partial charge on any atom is 0.212 e. The number of hydrogen-bond donors (Lipinski definition) is 3. The maximum atomic E-state index is 9.81. The van der Waals surface area contributed by atoms with Gasteiger partial charge in [-0.15, -0.1) is 0 Å². The van der Waals surface area contributed by atoms with Gasteiger partial charge in [0.2, 0.25) is 6.41 Å². The van der Waals surface area contributed by atoms with Crippen LogP contribution < -0.4 is 16.8 Å². The number of rotatable bonds is 4. The Morgan fingerprint density at radius 2 is 2.09 bits per heavy atom. The molecule has 0 atom stereocenters. The monoisotopic (exact) mass is 157 g/mol. The maximum absolute atomic E-state index is 9.81. The van der Waals surface area contributed by atoms with Gasteiger partial charge < -0.3 is 21.5 Å². The van der Waals surface area contributed by atoms with E-state index in [4.69, 9.17) is 11.5 Å². The summed E-state index contributed by atoms with van der Waals surface area (Å²) in [6, 6.07) is 0. The smallest absolute Gasteiger partial charge is 0.212 e. The van der Waals surface area contributed by atoms with Crippen molar-refractivity contribution in [3.05, 3.63) is 23.9 Å². The predicted molar refractivity (Wildman–Crippen MR) is 40.7 cm³/mol. The second-order valence-corrected chi connectivity index (χ2v) is 1.66. The number of allylic oxidation sites excluding steroid dienone is 2. The fourth-order valence-electron chi connectivity index (χ4n) is 0.356. The number of hydrogen-bond acceptors (Lipinski definition) is 4. The molecule has 0 aromatic heterocycles. The summed E-state index contributed by atoms with van der Waals surface area (Å²) in [5.74, 6) is 0.431. The fourth-order valence-corrected chi connectivity index (χ4v) is 0.356. The third-order valence-corrected chi connectivity index (χ3v) is 0.888. The van der Waals surface area contributed by atoms with Crippen LogP contribution in [0.4, 0.5) is 0 Å². The predicted octanol–water partition coefficient (Wildman–Crippen LogP) is -1.02. The first-order chi connectivity index (χ1) is 5.20. The molecule has 62 valence electrons. The van der Waals surface area contributed by atoms with E-state index in [0.717, 1.165) is 0 Å². The van der Waals surface area contributed by atoms with Crippen LogP contribution in [0.5, 0.6) is 0 Å². The largest absolute Gasteiger partial charge is 0.483 e. The van der Waals surface area contributed by atoms with Gasteiger partial charge in [0, 0.05) is 6.08 Å². The van der Waals surface area contributed by atoms with Crippen molar-refractivity contribution in [3.8, 4) is 0 Å². The highest BCUT2D eigenvalue weighted by atomic mass is 16.5. The zero-order valence-electron chi connectivity index (χ0n) is 6.20. The molecule has 0 aromatic rings. The summed E-state index contributed by atoms with van der Waals surface area (Å²) >= 11 is 0.